The van der Waals surface area contributed by atoms with E-state index in [-0.39, 0.29) is 10.5 Å². The highest BCUT2D eigenvalue weighted by Crippen LogP contribution is 2.30. The maximum atomic E-state index is 13.8. The van der Waals surface area contributed by atoms with Crippen LogP contribution in [-0.2, 0) is 10.0 Å². The molecule has 0 bridgehead atoms. The molecule has 4 nitrogen and oxygen atoms in total. The first-order chi connectivity index (χ1) is 9.37. The highest BCUT2D eigenvalue weighted by atomic mass is 79.9. The van der Waals surface area contributed by atoms with Crippen LogP contribution in [0.5, 0.6) is 0 Å². The summed E-state index contributed by atoms with van der Waals surface area (Å²) in [5, 5.41) is 2.93. The van der Waals surface area contributed by atoms with Gasteiger partial charge in [0.15, 0.2) is 0 Å². The van der Waals surface area contributed by atoms with Crippen molar-refractivity contribution in [3.8, 4) is 0 Å². The van der Waals surface area contributed by atoms with E-state index in [0.29, 0.717) is 19.2 Å². The van der Waals surface area contributed by atoms with Crippen molar-refractivity contribution >= 4 is 26.0 Å². The molecule has 2 rings (SSSR count). The molecule has 1 heterocycles. The number of halogens is 3. The topological polar surface area (TPSA) is 49.4 Å². The van der Waals surface area contributed by atoms with Crippen molar-refractivity contribution in [1.29, 1.82) is 0 Å². The van der Waals surface area contributed by atoms with E-state index in [1.165, 1.54) is 4.31 Å². The van der Waals surface area contributed by atoms with Crippen LogP contribution in [-0.4, -0.2) is 38.9 Å². The first-order valence-corrected chi connectivity index (χ1v) is 8.42. The summed E-state index contributed by atoms with van der Waals surface area (Å²) in [6.07, 6.45) is 1.46. The smallest absolute Gasteiger partial charge is 0.246 e. The fraction of sp³-hybridized carbons (Fsp3) is 0.500. The van der Waals surface area contributed by atoms with E-state index < -0.39 is 26.6 Å². The van der Waals surface area contributed by atoms with E-state index in [2.05, 4.69) is 21.2 Å². The molecule has 0 radical (unpaired) electrons. The Morgan fingerprint density at radius 3 is 2.75 bits per heavy atom. The van der Waals surface area contributed by atoms with Crippen LogP contribution in [0.4, 0.5) is 8.78 Å². The Hall–Kier alpha value is -0.570. The lowest BCUT2D eigenvalue weighted by molar-refractivity contribution is 0.376. The molecule has 1 fully saturated rings. The van der Waals surface area contributed by atoms with Gasteiger partial charge in [-0.3, -0.25) is 0 Å². The molecule has 1 aliphatic heterocycles. The minimum atomic E-state index is -3.96. The van der Waals surface area contributed by atoms with Crippen LogP contribution in [0.15, 0.2) is 21.5 Å². The Balaban J connectivity index is 2.42. The van der Waals surface area contributed by atoms with Crippen molar-refractivity contribution in [2.45, 2.75) is 23.8 Å². The van der Waals surface area contributed by atoms with Crippen LogP contribution in [0.2, 0.25) is 0 Å². The number of nitrogens with zero attached hydrogens (tertiary/aromatic N) is 1. The molecule has 1 aromatic carbocycles. The first kappa shape index (κ1) is 15.8. The lowest BCUT2D eigenvalue weighted by atomic mass is 10.2. The van der Waals surface area contributed by atoms with E-state index in [9.17, 15) is 17.2 Å². The molecule has 0 amide bonds. The molecular formula is C12H15BrF2N2O2S. The number of hydrogen-bond donors (Lipinski definition) is 1. The monoisotopic (exact) mass is 368 g/mol. The molecule has 1 N–H and O–H groups in total. The summed E-state index contributed by atoms with van der Waals surface area (Å²) >= 11 is 2.89. The van der Waals surface area contributed by atoms with Gasteiger partial charge in [0, 0.05) is 25.2 Å². The Kier molecular flexibility index (Phi) is 4.78. The normalized spacial score (nSPS) is 20.5. The van der Waals surface area contributed by atoms with Gasteiger partial charge in [0.1, 0.15) is 16.5 Å². The number of hydrogen-bond acceptors (Lipinski definition) is 3. The third kappa shape index (κ3) is 2.88. The zero-order valence-corrected chi connectivity index (χ0v) is 13.3. The highest BCUT2D eigenvalue weighted by Gasteiger charge is 2.36. The highest BCUT2D eigenvalue weighted by molar-refractivity contribution is 9.10. The van der Waals surface area contributed by atoms with Crippen LogP contribution in [0, 0.1) is 11.6 Å². The molecule has 1 aromatic rings. The number of likely N-dealkylation sites (N-methyl/N-ethyl adjacent to an activating group) is 1. The first-order valence-electron chi connectivity index (χ1n) is 6.19. The van der Waals surface area contributed by atoms with Crippen molar-refractivity contribution in [1.82, 2.24) is 9.62 Å². The molecule has 0 aliphatic carbocycles. The lowest BCUT2D eigenvalue weighted by Gasteiger charge is -2.24. The third-order valence-corrected chi connectivity index (χ3v) is 5.90. The molecule has 1 saturated heterocycles. The molecule has 0 saturated carbocycles. The molecule has 1 aliphatic rings. The van der Waals surface area contributed by atoms with Gasteiger partial charge in [0.25, 0.3) is 0 Å². The predicted molar refractivity (Wildman–Crippen MR) is 74.9 cm³/mol. The van der Waals surface area contributed by atoms with Crippen molar-refractivity contribution in [2.24, 2.45) is 0 Å². The zero-order chi connectivity index (χ0) is 14.9. The molecule has 112 valence electrons. The summed E-state index contributed by atoms with van der Waals surface area (Å²) in [4.78, 5) is -0.492. The van der Waals surface area contributed by atoms with Gasteiger partial charge < -0.3 is 5.32 Å². The van der Waals surface area contributed by atoms with E-state index in [1.54, 1.807) is 7.05 Å². The van der Waals surface area contributed by atoms with Crippen LogP contribution in [0.25, 0.3) is 0 Å². The van der Waals surface area contributed by atoms with Crippen LogP contribution < -0.4 is 5.32 Å². The van der Waals surface area contributed by atoms with Crippen LogP contribution >= 0.6 is 15.9 Å². The number of benzene rings is 1. The van der Waals surface area contributed by atoms with Gasteiger partial charge in [0.05, 0.1) is 4.47 Å². The molecule has 8 heteroatoms. The minimum absolute atomic E-state index is 0.0677. The second kappa shape index (κ2) is 6.05. The quantitative estimate of drug-likeness (QED) is 0.828. The number of rotatable bonds is 4. The molecule has 0 aromatic heterocycles. The summed E-state index contributed by atoms with van der Waals surface area (Å²) in [5.41, 5.74) is 0. The second-order valence-electron chi connectivity index (χ2n) is 4.67. The summed E-state index contributed by atoms with van der Waals surface area (Å²) in [6.45, 7) is 0.854. The van der Waals surface area contributed by atoms with Gasteiger partial charge in [-0.15, -0.1) is 0 Å². The third-order valence-electron chi connectivity index (χ3n) is 3.32. The van der Waals surface area contributed by atoms with E-state index >= 15 is 0 Å². The maximum Gasteiger partial charge on any atom is 0.246 e. The molecule has 20 heavy (non-hydrogen) atoms. The molecule has 1 atom stereocenters. The summed E-state index contributed by atoms with van der Waals surface area (Å²) in [6, 6.07) is 1.36. The Labute approximate surface area is 125 Å². The number of nitrogens with one attached hydrogen (secondary N) is 1. The van der Waals surface area contributed by atoms with E-state index in [1.807, 2.05) is 0 Å². The van der Waals surface area contributed by atoms with Crippen molar-refractivity contribution in [2.75, 3.05) is 20.1 Å². The Bertz CT molecular complexity index is 610. The zero-order valence-electron chi connectivity index (χ0n) is 10.9. The van der Waals surface area contributed by atoms with Gasteiger partial charge in [-0.1, -0.05) is 0 Å². The largest absolute Gasteiger partial charge is 0.318 e. The lowest BCUT2D eigenvalue weighted by Crippen LogP contribution is -2.41. The summed E-state index contributed by atoms with van der Waals surface area (Å²) in [5.74, 6) is -1.89. The van der Waals surface area contributed by atoms with Crippen LogP contribution in [0.3, 0.4) is 0 Å². The fourth-order valence-electron chi connectivity index (χ4n) is 2.39. The Morgan fingerprint density at radius 2 is 2.10 bits per heavy atom. The average Bonchev–Trinajstić information content (AvgIpc) is 2.83. The summed E-state index contributed by atoms with van der Waals surface area (Å²) < 4.78 is 53.3. The standard InChI is InChI=1S/C12H15BrF2N2O2S/c1-16-7-8-3-2-4-17(8)20(18,19)12-5-9(13)10(14)6-11(12)15/h5-6,8,16H,2-4,7H2,1H3/t8-/m0/s1. The average molecular weight is 369 g/mol. The number of sulfonamides is 1. The predicted octanol–water partition coefficient (Wildman–Crippen LogP) is 2.10. The van der Waals surface area contributed by atoms with Crippen molar-refractivity contribution < 1.29 is 17.2 Å². The van der Waals surface area contributed by atoms with Gasteiger partial charge in [-0.25, -0.2) is 17.2 Å². The van der Waals surface area contributed by atoms with Crippen molar-refractivity contribution in [3.05, 3.63) is 28.2 Å². The molecule has 0 unspecified atom stereocenters. The van der Waals surface area contributed by atoms with Gasteiger partial charge in [0.2, 0.25) is 10.0 Å². The second-order valence-corrected chi connectivity index (χ2v) is 7.38. The van der Waals surface area contributed by atoms with Gasteiger partial charge >= 0.3 is 0 Å². The summed E-state index contributed by atoms with van der Waals surface area (Å²) in [7, 11) is -2.22. The molecular weight excluding hydrogens is 354 g/mol. The van der Waals surface area contributed by atoms with Crippen molar-refractivity contribution in [3.63, 3.8) is 0 Å². The SMILES string of the molecule is CNC[C@@H]1CCCN1S(=O)(=O)c1cc(Br)c(F)cc1F. The maximum absolute atomic E-state index is 13.8. The van der Waals surface area contributed by atoms with Gasteiger partial charge in [-0.2, -0.15) is 4.31 Å². The van der Waals surface area contributed by atoms with Crippen LogP contribution in [0.1, 0.15) is 12.8 Å². The fourth-order valence-corrected chi connectivity index (χ4v) is 4.66. The molecule has 0 spiro atoms. The van der Waals surface area contributed by atoms with E-state index in [4.69, 9.17) is 0 Å². The Morgan fingerprint density at radius 1 is 1.40 bits per heavy atom. The van der Waals surface area contributed by atoms with E-state index in [0.717, 1.165) is 18.9 Å². The minimum Gasteiger partial charge on any atom is -0.318 e. The van der Waals surface area contributed by atoms with Gasteiger partial charge in [-0.05, 0) is 41.9 Å².